The minimum atomic E-state index is -2.88. The number of aliphatic imine (C=N–C) groups is 1. The molecule has 1 fully saturated rings. The van der Waals surface area contributed by atoms with Crippen LogP contribution >= 0.6 is 11.8 Å². The largest absolute Gasteiger partial charge is 0.435 e. The van der Waals surface area contributed by atoms with Crippen LogP contribution in [0, 0.1) is 0 Å². The smallest absolute Gasteiger partial charge is 0.387 e. The average Bonchev–Trinajstić information content (AvgIpc) is 3.03. The summed E-state index contributed by atoms with van der Waals surface area (Å²) in [6.07, 6.45) is 0.807. The molecule has 1 unspecified atom stereocenters. The lowest BCUT2D eigenvalue weighted by Gasteiger charge is -2.16. The monoisotopic (exact) mass is 390 g/mol. The second-order valence-electron chi connectivity index (χ2n) is 6.15. The van der Waals surface area contributed by atoms with Crippen LogP contribution in [0.4, 0.5) is 8.78 Å². The number of nitrogens with zero attached hydrogens (tertiary/aromatic N) is 2. The van der Waals surface area contributed by atoms with Gasteiger partial charge in [-0.2, -0.15) is 8.78 Å². The van der Waals surface area contributed by atoms with E-state index in [1.807, 2.05) is 25.1 Å². The van der Waals surface area contributed by atoms with Crippen molar-refractivity contribution >= 4 is 22.8 Å². The van der Waals surface area contributed by atoms with E-state index >= 15 is 0 Å². The predicted molar refractivity (Wildman–Crippen MR) is 104 cm³/mol. The normalized spacial score (nSPS) is 18.3. The molecule has 0 aromatic heterocycles. The first-order valence-electron chi connectivity index (χ1n) is 8.64. The molecule has 1 saturated heterocycles. The second-order valence-corrected chi connectivity index (χ2v) is 7.55. The summed E-state index contributed by atoms with van der Waals surface area (Å²) in [5, 5.41) is 0.960. The Morgan fingerprint density at radius 3 is 2.59 bits per heavy atom. The molecule has 1 aliphatic heterocycles. The third-order valence-electron chi connectivity index (χ3n) is 4.04. The minimum Gasteiger partial charge on any atom is -0.435 e. The van der Waals surface area contributed by atoms with Crippen LogP contribution in [0.15, 0.2) is 59.6 Å². The molecular formula is C20H20F2N2O2S. The molecule has 0 spiro atoms. The van der Waals surface area contributed by atoms with Crippen molar-refractivity contribution in [1.82, 2.24) is 4.90 Å². The molecule has 4 nitrogen and oxygen atoms in total. The van der Waals surface area contributed by atoms with Gasteiger partial charge in [-0.05, 0) is 36.2 Å². The average molecular weight is 390 g/mol. The van der Waals surface area contributed by atoms with Crippen molar-refractivity contribution in [1.29, 1.82) is 0 Å². The summed E-state index contributed by atoms with van der Waals surface area (Å²) in [5.74, 6) is -0.156. The van der Waals surface area contributed by atoms with Gasteiger partial charge in [0.25, 0.3) is 5.91 Å². The third-order valence-corrected chi connectivity index (χ3v) is 5.15. The molecule has 1 aliphatic rings. The van der Waals surface area contributed by atoms with Crippen molar-refractivity contribution in [2.45, 2.75) is 25.2 Å². The van der Waals surface area contributed by atoms with Crippen LogP contribution in [0.5, 0.6) is 5.75 Å². The van der Waals surface area contributed by atoms with E-state index in [2.05, 4.69) is 21.9 Å². The van der Waals surface area contributed by atoms with Crippen LogP contribution in [-0.2, 0) is 6.42 Å². The van der Waals surface area contributed by atoms with Gasteiger partial charge in [0.2, 0.25) is 0 Å². The summed E-state index contributed by atoms with van der Waals surface area (Å²) < 4.78 is 28.8. The summed E-state index contributed by atoms with van der Waals surface area (Å²) in [6, 6.07) is 15.8. The van der Waals surface area contributed by atoms with Gasteiger partial charge in [-0.15, -0.1) is 0 Å². The summed E-state index contributed by atoms with van der Waals surface area (Å²) >= 11 is 1.57. The van der Waals surface area contributed by atoms with Crippen molar-refractivity contribution in [2.24, 2.45) is 4.99 Å². The van der Waals surface area contributed by atoms with E-state index in [9.17, 15) is 13.6 Å². The van der Waals surface area contributed by atoms with Gasteiger partial charge in [-0.3, -0.25) is 14.7 Å². The van der Waals surface area contributed by atoms with Crippen molar-refractivity contribution in [3.8, 4) is 5.75 Å². The molecule has 1 amide bonds. The number of amidine groups is 1. The molecule has 0 aliphatic carbocycles. The molecule has 142 valence electrons. The summed E-state index contributed by atoms with van der Waals surface area (Å²) in [5.41, 5.74) is 1.62. The highest BCUT2D eigenvalue weighted by atomic mass is 32.2. The molecule has 1 heterocycles. The number of thioether (sulfide) groups is 1. The van der Waals surface area contributed by atoms with Gasteiger partial charge >= 0.3 is 6.61 Å². The van der Waals surface area contributed by atoms with Crippen LogP contribution in [0.2, 0.25) is 0 Å². The van der Waals surface area contributed by atoms with E-state index in [-0.39, 0.29) is 16.9 Å². The molecule has 1 atom stereocenters. The van der Waals surface area contributed by atoms with Crippen molar-refractivity contribution in [2.75, 3.05) is 13.1 Å². The zero-order valence-electron chi connectivity index (χ0n) is 14.8. The standard InChI is InChI=1S/C20H20F2N2O2S/c1-14-13-24(18(25)16-7-9-17(10-8-16)26-19(21)22)20(27-14)23-12-11-15-5-3-2-4-6-15/h2-10,14,19H,11-13H2,1H3. The molecule has 0 radical (unpaired) electrons. The Kier molecular flexibility index (Phi) is 6.45. The Hall–Kier alpha value is -2.41. The van der Waals surface area contributed by atoms with Crippen LogP contribution < -0.4 is 4.74 Å². The Morgan fingerprint density at radius 1 is 1.22 bits per heavy atom. The van der Waals surface area contributed by atoms with E-state index in [4.69, 9.17) is 0 Å². The molecular weight excluding hydrogens is 370 g/mol. The number of amides is 1. The summed E-state index contributed by atoms with van der Waals surface area (Å²) in [6.45, 7) is 0.336. The maximum atomic E-state index is 12.8. The number of halogens is 2. The molecule has 0 N–H and O–H groups in total. The van der Waals surface area contributed by atoms with Gasteiger partial charge in [-0.1, -0.05) is 49.0 Å². The SMILES string of the molecule is CC1CN(C(=O)c2ccc(OC(F)F)cc2)C(=NCCc2ccccc2)S1. The number of ether oxygens (including phenoxy) is 1. The molecule has 27 heavy (non-hydrogen) atoms. The molecule has 0 saturated carbocycles. The fraction of sp³-hybridized carbons (Fsp3) is 0.300. The van der Waals surface area contributed by atoms with E-state index in [1.165, 1.54) is 29.8 Å². The number of rotatable bonds is 6. The van der Waals surface area contributed by atoms with Gasteiger partial charge in [0.15, 0.2) is 5.17 Å². The molecule has 2 aromatic carbocycles. The maximum Gasteiger partial charge on any atom is 0.387 e. The molecule has 7 heteroatoms. The first-order chi connectivity index (χ1) is 13.0. The highest BCUT2D eigenvalue weighted by molar-refractivity contribution is 8.14. The molecule has 3 rings (SSSR count). The van der Waals surface area contributed by atoms with Crippen molar-refractivity contribution in [3.05, 3.63) is 65.7 Å². The number of hydrogen-bond donors (Lipinski definition) is 0. The molecule has 0 bridgehead atoms. The Bertz CT molecular complexity index is 797. The minimum absolute atomic E-state index is 0.0301. The number of alkyl halides is 2. The van der Waals surface area contributed by atoms with Gasteiger partial charge in [-0.25, -0.2) is 0 Å². The number of carbonyl (C=O) groups excluding carboxylic acids is 1. The van der Waals surface area contributed by atoms with Crippen LogP contribution in [-0.4, -0.2) is 40.9 Å². The highest BCUT2D eigenvalue weighted by Gasteiger charge is 2.31. The number of hydrogen-bond acceptors (Lipinski definition) is 4. The van der Waals surface area contributed by atoms with Gasteiger partial charge in [0, 0.05) is 23.9 Å². The Balaban J connectivity index is 1.67. The molecule has 2 aromatic rings. The van der Waals surface area contributed by atoms with E-state index < -0.39 is 6.61 Å². The van der Waals surface area contributed by atoms with Crippen molar-refractivity contribution in [3.63, 3.8) is 0 Å². The quantitative estimate of drug-likeness (QED) is 0.731. The lowest BCUT2D eigenvalue weighted by atomic mass is 10.2. The topological polar surface area (TPSA) is 41.9 Å². The van der Waals surface area contributed by atoms with E-state index in [0.717, 1.165) is 6.42 Å². The number of carbonyl (C=O) groups is 1. The fourth-order valence-corrected chi connectivity index (χ4v) is 3.80. The summed E-state index contributed by atoms with van der Waals surface area (Å²) in [4.78, 5) is 19.1. The predicted octanol–water partition coefficient (Wildman–Crippen LogP) is 4.46. The lowest BCUT2D eigenvalue weighted by molar-refractivity contribution is -0.0498. The first-order valence-corrected chi connectivity index (χ1v) is 9.52. The van der Waals surface area contributed by atoms with Gasteiger partial charge < -0.3 is 4.74 Å². The highest BCUT2D eigenvalue weighted by Crippen LogP contribution is 2.27. The zero-order valence-corrected chi connectivity index (χ0v) is 15.7. The lowest BCUT2D eigenvalue weighted by Crippen LogP contribution is -2.32. The Morgan fingerprint density at radius 2 is 1.93 bits per heavy atom. The van der Waals surface area contributed by atoms with E-state index in [0.29, 0.717) is 23.8 Å². The van der Waals surface area contributed by atoms with E-state index in [1.54, 1.807) is 16.7 Å². The Labute approximate surface area is 161 Å². The van der Waals surface area contributed by atoms with Crippen LogP contribution in [0.25, 0.3) is 0 Å². The zero-order chi connectivity index (χ0) is 19.2. The maximum absolute atomic E-state index is 12.8. The van der Waals surface area contributed by atoms with Crippen LogP contribution in [0.3, 0.4) is 0 Å². The van der Waals surface area contributed by atoms with Crippen molar-refractivity contribution < 1.29 is 18.3 Å². The fourth-order valence-electron chi connectivity index (χ4n) is 2.77. The van der Waals surface area contributed by atoms with Gasteiger partial charge in [0.05, 0.1) is 0 Å². The van der Waals surface area contributed by atoms with Gasteiger partial charge in [0.1, 0.15) is 5.75 Å². The van der Waals surface area contributed by atoms with Crippen LogP contribution in [0.1, 0.15) is 22.8 Å². The summed E-state index contributed by atoms with van der Waals surface area (Å²) in [7, 11) is 0. The second kappa shape index (κ2) is 8.99. The first kappa shape index (κ1) is 19.4. The third kappa shape index (κ3) is 5.29. The number of benzene rings is 2.